The number of hydrogen-bond acceptors (Lipinski definition) is 4. The van der Waals surface area contributed by atoms with Crippen LogP contribution in [-0.4, -0.2) is 35.9 Å². The molecule has 0 aliphatic carbocycles. The number of carboxylic acids is 1. The fraction of sp³-hybridized carbons (Fsp3) is 0.217. The molecule has 1 aliphatic rings. The second-order valence-corrected chi connectivity index (χ2v) is 7.86. The molecule has 0 radical (unpaired) electrons. The van der Waals surface area contributed by atoms with Gasteiger partial charge in [-0.25, -0.2) is 9.78 Å². The van der Waals surface area contributed by atoms with Crippen molar-refractivity contribution in [2.24, 2.45) is 5.92 Å². The molecule has 1 N–H and O–H groups in total. The Balaban J connectivity index is 1.74. The summed E-state index contributed by atoms with van der Waals surface area (Å²) in [5, 5.41) is 9.30. The molecule has 0 unspecified atom stereocenters. The van der Waals surface area contributed by atoms with E-state index in [1.807, 2.05) is 48.5 Å². The summed E-state index contributed by atoms with van der Waals surface area (Å²) in [4.78, 5) is 15.7. The Labute approximate surface area is 177 Å². The van der Waals surface area contributed by atoms with Crippen LogP contribution in [-0.2, 0) is 4.74 Å². The van der Waals surface area contributed by atoms with Gasteiger partial charge in [-0.1, -0.05) is 46.3 Å². The molecule has 1 aromatic heterocycles. The number of pyridine rings is 1. The molecule has 1 saturated heterocycles. The van der Waals surface area contributed by atoms with E-state index in [0.29, 0.717) is 18.2 Å². The van der Waals surface area contributed by atoms with Crippen LogP contribution in [0, 0.1) is 5.92 Å². The lowest BCUT2D eigenvalue weighted by molar-refractivity contribution is 0.0690. The van der Waals surface area contributed by atoms with E-state index < -0.39 is 5.97 Å². The highest BCUT2D eigenvalue weighted by Crippen LogP contribution is 2.38. The quantitative estimate of drug-likeness (QED) is 0.548. The second-order valence-electron chi connectivity index (χ2n) is 6.94. The zero-order chi connectivity index (χ0) is 20.2. The van der Waals surface area contributed by atoms with Crippen molar-refractivity contribution >= 4 is 21.9 Å². The van der Waals surface area contributed by atoms with E-state index in [-0.39, 0.29) is 5.69 Å². The van der Waals surface area contributed by atoms with Crippen LogP contribution in [0.1, 0.15) is 16.9 Å². The monoisotopic (exact) mass is 453 g/mol. The molecule has 0 amide bonds. The summed E-state index contributed by atoms with van der Waals surface area (Å²) in [7, 11) is 0. The number of carboxylic acid groups (broad SMARTS) is 1. The third-order valence-electron chi connectivity index (χ3n) is 4.90. The summed E-state index contributed by atoms with van der Waals surface area (Å²) < 4.78 is 12.5. The molecular formula is C23H20BrNO4. The van der Waals surface area contributed by atoms with Crippen molar-refractivity contribution in [1.82, 2.24) is 4.98 Å². The fourth-order valence-corrected chi connectivity index (χ4v) is 3.77. The molecule has 0 saturated carbocycles. The molecule has 3 aromatic rings. The number of rotatable bonds is 6. The Morgan fingerprint density at radius 3 is 2.69 bits per heavy atom. The van der Waals surface area contributed by atoms with E-state index in [1.54, 1.807) is 6.07 Å². The predicted molar refractivity (Wildman–Crippen MR) is 114 cm³/mol. The van der Waals surface area contributed by atoms with Gasteiger partial charge in [-0.15, -0.1) is 0 Å². The average molecular weight is 454 g/mol. The van der Waals surface area contributed by atoms with Crippen LogP contribution in [0.25, 0.3) is 22.4 Å². The van der Waals surface area contributed by atoms with Crippen LogP contribution in [0.3, 0.4) is 0 Å². The van der Waals surface area contributed by atoms with Gasteiger partial charge in [0.15, 0.2) is 0 Å². The highest BCUT2D eigenvalue weighted by Gasteiger charge is 2.19. The second kappa shape index (κ2) is 8.76. The number of aromatic carboxylic acids is 1. The molecule has 1 aliphatic heterocycles. The van der Waals surface area contributed by atoms with Crippen LogP contribution in [0.5, 0.6) is 5.75 Å². The largest absolute Gasteiger partial charge is 0.493 e. The van der Waals surface area contributed by atoms with Crippen LogP contribution < -0.4 is 4.74 Å². The third kappa shape index (κ3) is 4.49. The smallest absolute Gasteiger partial charge is 0.354 e. The van der Waals surface area contributed by atoms with E-state index in [2.05, 4.69) is 20.9 Å². The molecule has 6 heteroatoms. The molecule has 1 atom stereocenters. The van der Waals surface area contributed by atoms with Crippen LogP contribution in [0.15, 0.2) is 65.1 Å². The summed E-state index contributed by atoms with van der Waals surface area (Å²) in [6.07, 6.45) is 1.01. The van der Waals surface area contributed by atoms with Crippen molar-refractivity contribution < 1.29 is 19.4 Å². The normalized spacial score (nSPS) is 16.0. The lowest BCUT2D eigenvalue weighted by Crippen LogP contribution is -2.12. The van der Waals surface area contributed by atoms with Crippen LogP contribution in [0.2, 0.25) is 0 Å². The van der Waals surface area contributed by atoms with E-state index >= 15 is 0 Å². The Morgan fingerprint density at radius 2 is 1.93 bits per heavy atom. The van der Waals surface area contributed by atoms with E-state index in [4.69, 9.17) is 9.47 Å². The van der Waals surface area contributed by atoms with Crippen molar-refractivity contribution in [2.45, 2.75) is 6.42 Å². The van der Waals surface area contributed by atoms with Crippen LogP contribution >= 0.6 is 15.9 Å². The highest BCUT2D eigenvalue weighted by molar-refractivity contribution is 9.10. The van der Waals surface area contributed by atoms with Crippen LogP contribution in [0.4, 0.5) is 0 Å². The summed E-state index contributed by atoms with van der Waals surface area (Å²) in [5.41, 5.74) is 3.33. The maximum Gasteiger partial charge on any atom is 0.354 e. The fourth-order valence-electron chi connectivity index (χ4n) is 3.41. The summed E-state index contributed by atoms with van der Waals surface area (Å²) >= 11 is 3.55. The van der Waals surface area contributed by atoms with Crippen molar-refractivity contribution in [2.75, 3.05) is 19.8 Å². The molecule has 4 rings (SSSR count). The van der Waals surface area contributed by atoms with Crippen molar-refractivity contribution in [3.05, 3.63) is 70.8 Å². The van der Waals surface area contributed by atoms with E-state index in [1.165, 1.54) is 6.07 Å². The number of benzene rings is 2. The lowest BCUT2D eigenvalue weighted by Gasteiger charge is -2.17. The Kier molecular flexibility index (Phi) is 5.92. The molecule has 1 fully saturated rings. The van der Waals surface area contributed by atoms with Gasteiger partial charge in [-0.05, 0) is 42.3 Å². The summed E-state index contributed by atoms with van der Waals surface area (Å²) in [6.45, 7) is 2.12. The zero-order valence-corrected chi connectivity index (χ0v) is 17.3. The van der Waals surface area contributed by atoms with Crippen molar-refractivity contribution in [1.29, 1.82) is 0 Å². The molecule has 2 aromatic carbocycles. The van der Waals surface area contributed by atoms with Gasteiger partial charge in [-0.3, -0.25) is 0 Å². The lowest BCUT2D eigenvalue weighted by atomic mass is 9.96. The highest BCUT2D eigenvalue weighted by atomic mass is 79.9. The van der Waals surface area contributed by atoms with Gasteiger partial charge in [0.2, 0.25) is 0 Å². The van der Waals surface area contributed by atoms with Crippen molar-refractivity contribution in [3.63, 3.8) is 0 Å². The van der Waals surface area contributed by atoms with Gasteiger partial charge >= 0.3 is 5.97 Å². The van der Waals surface area contributed by atoms with Gasteiger partial charge in [0.25, 0.3) is 0 Å². The minimum Gasteiger partial charge on any atom is -0.493 e. The predicted octanol–water partition coefficient (Wildman–Crippen LogP) is 5.29. The first-order valence-corrected chi connectivity index (χ1v) is 10.2. The maximum atomic E-state index is 11.4. The third-order valence-corrected chi connectivity index (χ3v) is 5.39. The van der Waals surface area contributed by atoms with E-state index in [0.717, 1.165) is 46.5 Å². The topological polar surface area (TPSA) is 68.7 Å². The number of carbonyl (C=O) groups is 1. The maximum absolute atomic E-state index is 11.4. The van der Waals surface area contributed by atoms with Gasteiger partial charge in [0.05, 0.1) is 18.9 Å². The number of hydrogen-bond donors (Lipinski definition) is 1. The molecule has 0 spiro atoms. The minimum atomic E-state index is -1.05. The SMILES string of the molecule is O=C(O)c1cccc(-c2ccccc2-c2cc(Br)ccc2OC[C@H]2CCOC2)n1. The molecule has 148 valence electrons. The zero-order valence-electron chi connectivity index (χ0n) is 15.7. The Morgan fingerprint density at radius 1 is 1.10 bits per heavy atom. The number of ether oxygens (including phenoxy) is 2. The molecule has 29 heavy (non-hydrogen) atoms. The number of aromatic nitrogens is 1. The van der Waals surface area contributed by atoms with Gasteiger partial charge in [-0.2, -0.15) is 0 Å². The molecule has 0 bridgehead atoms. The minimum absolute atomic E-state index is 0.0178. The van der Waals surface area contributed by atoms with E-state index in [9.17, 15) is 9.90 Å². The first kappa shape index (κ1) is 19.6. The average Bonchev–Trinajstić information content (AvgIpc) is 3.26. The van der Waals surface area contributed by atoms with Crippen molar-refractivity contribution in [3.8, 4) is 28.1 Å². The standard InChI is InChI=1S/C23H20BrNO4/c24-16-8-9-22(29-14-15-10-11-28-13-15)19(12-16)17-4-1-2-5-18(17)20-6-3-7-21(25-20)23(26)27/h1-9,12,15H,10-11,13-14H2,(H,26,27)/t15-/m0/s1. The Bertz CT molecular complexity index is 1030. The number of nitrogens with zero attached hydrogens (tertiary/aromatic N) is 1. The molecule has 5 nitrogen and oxygen atoms in total. The molecule has 2 heterocycles. The first-order chi connectivity index (χ1) is 14.1. The number of halogens is 1. The van der Waals surface area contributed by atoms with Gasteiger partial charge in [0.1, 0.15) is 11.4 Å². The van der Waals surface area contributed by atoms with Gasteiger partial charge in [0, 0.05) is 28.1 Å². The Hall–Kier alpha value is -2.70. The summed E-state index contributed by atoms with van der Waals surface area (Å²) in [6, 6.07) is 18.8. The summed E-state index contributed by atoms with van der Waals surface area (Å²) in [5.74, 6) is 0.132. The molecular weight excluding hydrogens is 434 g/mol. The van der Waals surface area contributed by atoms with Gasteiger partial charge < -0.3 is 14.6 Å². The first-order valence-electron chi connectivity index (χ1n) is 9.42.